The Morgan fingerprint density at radius 1 is 1.18 bits per heavy atom. The van der Waals surface area contributed by atoms with Gasteiger partial charge in [-0.25, -0.2) is 0 Å². The fourth-order valence-electron chi connectivity index (χ4n) is 0.833. The first-order valence-electron chi connectivity index (χ1n) is 3.19. The van der Waals surface area contributed by atoms with Gasteiger partial charge in [0.25, 0.3) is 0 Å². The molecule has 0 aliphatic heterocycles. The maximum atomic E-state index is 5.70. The van der Waals surface area contributed by atoms with E-state index < -0.39 is 0 Å². The molecule has 3 nitrogen and oxygen atoms in total. The predicted octanol–water partition coefficient (Wildman–Crippen LogP) is 0.963. The van der Waals surface area contributed by atoms with Gasteiger partial charge in [0, 0.05) is 6.54 Å². The minimum absolute atomic E-state index is 0.382. The van der Waals surface area contributed by atoms with Gasteiger partial charge >= 0.3 is 0 Å². The first-order valence-corrected chi connectivity index (χ1v) is 3.57. The first-order chi connectivity index (χ1) is 5.16. The third-order valence-corrected chi connectivity index (χ3v) is 1.87. The largest absolute Gasteiger partial charge is 0.397 e. The van der Waals surface area contributed by atoms with Crippen LogP contribution in [0.15, 0.2) is 12.1 Å². The standard InChI is InChI=1S/C7H10ClN3/c8-5-2-1-4(3-9)6(10)7(5)11/h1-2H,3,9-11H2. The van der Waals surface area contributed by atoms with Gasteiger partial charge in [-0.3, -0.25) is 0 Å². The molecular weight excluding hydrogens is 162 g/mol. The van der Waals surface area contributed by atoms with Crippen molar-refractivity contribution in [3.8, 4) is 0 Å². The Kier molecular flexibility index (Phi) is 2.22. The molecule has 11 heavy (non-hydrogen) atoms. The summed E-state index contributed by atoms with van der Waals surface area (Å²) in [5, 5.41) is 0.472. The van der Waals surface area contributed by atoms with E-state index in [9.17, 15) is 0 Å². The van der Waals surface area contributed by atoms with Crippen LogP contribution in [0.25, 0.3) is 0 Å². The minimum atomic E-state index is 0.382. The normalized spacial score (nSPS) is 10.0. The van der Waals surface area contributed by atoms with Crippen molar-refractivity contribution < 1.29 is 0 Å². The van der Waals surface area contributed by atoms with Gasteiger partial charge in [-0.15, -0.1) is 0 Å². The molecule has 0 heterocycles. The van der Waals surface area contributed by atoms with Gasteiger partial charge < -0.3 is 17.2 Å². The summed E-state index contributed by atoms with van der Waals surface area (Å²) in [6.07, 6.45) is 0. The van der Waals surface area contributed by atoms with Gasteiger partial charge in [-0.2, -0.15) is 0 Å². The lowest BCUT2D eigenvalue weighted by Crippen LogP contribution is -2.04. The summed E-state index contributed by atoms with van der Waals surface area (Å²) < 4.78 is 0. The van der Waals surface area contributed by atoms with E-state index in [4.69, 9.17) is 28.8 Å². The average molecular weight is 172 g/mol. The summed E-state index contributed by atoms with van der Waals surface area (Å²) in [6, 6.07) is 3.46. The first kappa shape index (κ1) is 8.17. The van der Waals surface area contributed by atoms with E-state index in [0.717, 1.165) is 5.56 Å². The molecule has 1 aromatic carbocycles. The van der Waals surface area contributed by atoms with E-state index >= 15 is 0 Å². The predicted molar refractivity (Wildman–Crippen MR) is 48.2 cm³/mol. The van der Waals surface area contributed by atoms with E-state index in [1.165, 1.54) is 0 Å². The van der Waals surface area contributed by atoms with E-state index in [1.807, 2.05) is 0 Å². The molecule has 0 bridgehead atoms. The number of hydrogen-bond donors (Lipinski definition) is 3. The Balaban J connectivity index is 3.25. The average Bonchev–Trinajstić information content (AvgIpc) is 2.01. The summed E-state index contributed by atoms with van der Waals surface area (Å²) in [6.45, 7) is 0.382. The van der Waals surface area contributed by atoms with E-state index in [-0.39, 0.29) is 0 Å². The van der Waals surface area contributed by atoms with Crippen molar-refractivity contribution in [2.75, 3.05) is 11.5 Å². The molecule has 0 amide bonds. The van der Waals surface area contributed by atoms with Gasteiger partial charge in [0.15, 0.2) is 0 Å². The zero-order chi connectivity index (χ0) is 8.43. The number of hydrogen-bond acceptors (Lipinski definition) is 3. The smallest absolute Gasteiger partial charge is 0.0740 e. The summed E-state index contributed by atoms with van der Waals surface area (Å²) in [7, 11) is 0. The lowest BCUT2D eigenvalue weighted by atomic mass is 10.1. The van der Waals surface area contributed by atoms with Crippen LogP contribution in [0.5, 0.6) is 0 Å². The lowest BCUT2D eigenvalue weighted by Gasteiger charge is -2.06. The summed E-state index contributed by atoms with van der Waals surface area (Å²) >= 11 is 5.70. The molecule has 0 aliphatic carbocycles. The fourth-order valence-corrected chi connectivity index (χ4v) is 0.998. The molecular formula is C7H10ClN3. The van der Waals surface area contributed by atoms with Crippen LogP contribution < -0.4 is 17.2 Å². The maximum absolute atomic E-state index is 5.70. The van der Waals surface area contributed by atoms with Gasteiger partial charge in [0.2, 0.25) is 0 Å². The molecule has 6 N–H and O–H groups in total. The molecule has 1 aromatic rings. The van der Waals surface area contributed by atoms with Crippen molar-refractivity contribution in [3.63, 3.8) is 0 Å². The Hall–Kier alpha value is -0.930. The topological polar surface area (TPSA) is 78.1 Å². The second-order valence-corrected chi connectivity index (χ2v) is 2.65. The quantitative estimate of drug-likeness (QED) is 0.551. The molecule has 0 radical (unpaired) electrons. The summed E-state index contributed by atoms with van der Waals surface area (Å²) in [4.78, 5) is 0. The Morgan fingerprint density at radius 3 is 2.36 bits per heavy atom. The Labute approximate surface area is 70.1 Å². The highest BCUT2D eigenvalue weighted by molar-refractivity contribution is 6.33. The second-order valence-electron chi connectivity index (χ2n) is 2.24. The van der Waals surface area contributed by atoms with E-state index in [0.29, 0.717) is 22.9 Å². The highest BCUT2D eigenvalue weighted by Crippen LogP contribution is 2.27. The molecule has 4 heteroatoms. The molecule has 1 rings (SSSR count). The van der Waals surface area contributed by atoms with Crippen LogP contribution in [-0.4, -0.2) is 0 Å². The molecule has 0 aromatic heterocycles. The summed E-state index contributed by atoms with van der Waals surface area (Å²) in [5.74, 6) is 0. The van der Waals surface area contributed by atoms with Gasteiger partial charge in [-0.1, -0.05) is 17.7 Å². The molecule has 0 fully saturated rings. The van der Waals surface area contributed by atoms with Crippen molar-refractivity contribution in [2.45, 2.75) is 6.54 Å². The molecule has 0 spiro atoms. The minimum Gasteiger partial charge on any atom is -0.397 e. The van der Waals surface area contributed by atoms with Crippen molar-refractivity contribution in [1.82, 2.24) is 0 Å². The third-order valence-electron chi connectivity index (χ3n) is 1.54. The lowest BCUT2D eigenvalue weighted by molar-refractivity contribution is 1.08. The van der Waals surface area contributed by atoms with Crippen molar-refractivity contribution >= 4 is 23.0 Å². The van der Waals surface area contributed by atoms with Crippen LogP contribution in [0.1, 0.15) is 5.56 Å². The van der Waals surface area contributed by atoms with Crippen LogP contribution in [-0.2, 0) is 6.54 Å². The van der Waals surface area contributed by atoms with E-state index in [2.05, 4.69) is 0 Å². The number of nitrogen functional groups attached to an aromatic ring is 2. The third kappa shape index (κ3) is 1.39. The SMILES string of the molecule is NCc1ccc(Cl)c(N)c1N. The zero-order valence-electron chi connectivity index (χ0n) is 5.97. The molecule has 0 aliphatic rings. The number of rotatable bonds is 1. The number of anilines is 2. The van der Waals surface area contributed by atoms with Gasteiger partial charge in [0.05, 0.1) is 16.4 Å². The highest BCUT2D eigenvalue weighted by Gasteiger charge is 2.03. The molecule has 0 unspecified atom stereocenters. The zero-order valence-corrected chi connectivity index (χ0v) is 6.73. The van der Waals surface area contributed by atoms with Crippen LogP contribution in [0.2, 0.25) is 5.02 Å². The molecule has 60 valence electrons. The van der Waals surface area contributed by atoms with Crippen molar-refractivity contribution in [2.24, 2.45) is 5.73 Å². The van der Waals surface area contributed by atoms with Crippen LogP contribution in [0.4, 0.5) is 11.4 Å². The van der Waals surface area contributed by atoms with Crippen molar-refractivity contribution in [3.05, 3.63) is 22.7 Å². The van der Waals surface area contributed by atoms with Gasteiger partial charge in [-0.05, 0) is 11.6 Å². The number of benzene rings is 1. The Morgan fingerprint density at radius 2 is 1.82 bits per heavy atom. The van der Waals surface area contributed by atoms with Crippen LogP contribution >= 0.6 is 11.6 Å². The highest BCUT2D eigenvalue weighted by atomic mass is 35.5. The van der Waals surface area contributed by atoms with Gasteiger partial charge in [0.1, 0.15) is 0 Å². The number of nitrogens with two attached hydrogens (primary N) is 3. The maximum Gasteiger partial charge on any atom is 0.0740 e. The molecule has 0 saturated carbocycles. The van der Waals surface area contributed by atoms with Crippen LogP contribution in [0.3, 0.4) is 0 Å². The number of halogens is 1. The monoisotopic (exact) mass is 171 g/mol. The fraction of sp³-hybridized carbons (Fsp3) is 0.143. The van der Waals surface area contributed by atoms with Crippen LogP contribution in [0, 0.1) is 0 Å². The second kappa shape index (κ2) is 2.98. The van der Waals surface area contributed by atoms with E-state index in [1.54, 1.807) is 12.1 Å². The summed E-state index contributed by atoms with van der Waals surface area (Å²) in [5.41, 5.74) is 18.3. The Bertz CT molecular complexity index is 273. The molecule has 0 atom stereocenters. The van der Waals surface area contributed by atoms with Crippen molar-refractivity contribution in [1.29, 1.82) is 0 Å². The molecule has 0 saturated heterocycles.